The Bertz CT molecular complexity index is 589. The highest BCUT2D eigenvalue weighted by molar-refractivity contribution is 5.94. The minimum absolute atomic E-state index is 0.0309. The van der Waals surface area contributed by atoms with Crippen molar-refractivity contribution in [1.82, 2.24) is 15.1 Å². The van der Waals surface area contributed by atoms with Crippen molar-refractivity contribution in [3.05, 3.63) is 47.8 Å². The molecule has 2 rings (SSSR count). The summed E-state index contributed by atoms with van der Waals surface area (Å²) < 4.78 is 1.78. The topological polar surface area (TPSA) is 46.9 Å². The van der Waals surface area contributed by atoms with Gasteiger partial charge >= 0.3 is 0 Å². The minimum Gasteiger partial charge on any atom is -0.350 e. The van der Waals surface area contributed by atoms with Gasteiger partial charge in [0, 0.05) is 17.8 Å². The van der Waals surface area contributed by atoms with Gasteiger partial charge in [-0.25, -0.2) is 4.68 Å². The molecular weight excluding hydrogens is 250 g/mol. The predicted octanol–water partition coefficient (Wildman–Crippen LogP) is 3.10. The van der Waals surface area contributed by atoms with E-state index in [1.165, 1.54) is 0 Å². The molecule has 0 aliphatic heterocycles. The standard InChI is InChI=1S/C16H21N3O/c1-4-6-12(2)17-16(20)14-7-5-8-15(11-14)19-10-9-13(3)18-19/h5,7-12H,4,6H2,1-3H3,(H,17,20)/t12-/m0/s1. The van der Waals surface area contributed by atoms with Crippen LogP contribution in [0.5, 0.6) is 0 Å². The van der Waals surface area contributed by atoms with Crippen LogP contribution in [-0.2, 0) is 0 Å². The minimum atomic E-state index is -0.0309. The lowest BCUT2D eigenvalue weighted by atomic mass is 10.1. The molecule has 0 saturated heterocycles. The highest BCUT2D eigenvalue weighted by Gasteiger charge is 2.10. The van der Waals surface area contributed by atoms with Gasteiger partial charge in [-0.2, -0.15) is 5.10 Å². The van der Waals surface area contributed by atoms with E-state index in [2.05, 4.69) is 17.3 Å². The lowest BCUT2D eigenvalue weighted by Crippen LogP contribution is -2.32. The van der Waals surface area contributed by atoms with Crippen LogP contribution >= 0.6 is 0 Å². The van der Waals surface area contributed by atoms with E-state index in [9.17, 15) is 4.79 Å². The maximum absolute atomic E-state index is 12.2. The zero-order valence-electron chi connectivity index (χ0n) is 12.3. The number of rotatable bonds is 5. The summed E-state index contributed by atoms with van der Waals surface area (Å²) in [6.45, 7) is 6.09. The number of hydrogen-bond donors (Lipinski definition) is 1. The van der Waals surface area contributed by atoms with Gasteiger partial charge in [-0.15, -0.1) is 0 Å². The zero-order chi connectivity index (χ0) is 14.5. The van der Waals surface area contributed by atoms with E-state index in [1.807, 2.05) is 50.4 Å². The van der Waals surface area contributed by atoms with Gasteiger partial charge in [-0.05, 0) is 44.5 Å². The fourth-order valence-electron chi connectivity index (χ4n) is 2.16. The summed E-state index contributed by atoms with van der Waals surface area (Å²) in [7, 11) is 0. The van der Waals surface area contributed by atoms with Crippen molar-refractivity contribution in [2.75, 3.05) is 0 Å². The van der Waals surface area contributed by atoms with Gasteiger partial charge in [0.05, 0.1) is 11.4 Å². The number of carbonyl (C=O) groups is 1. The molecule has 0 aliphatic carbocycles. The molecule has 106 valence electrons. The van der Waals surface area contributed by atoms with Crippen molar-refractivity contribution in [3.63, 3.8) is 0 Å². The first-order valence-electron chi connectivity index (χ1n) is 7.03. The second-order valence-corrected chi connectivity index (χ2v) is 5.12. The molecule has 1 amide bonds. The molecule has 1 aromatic carbocycles. The smallest absolute Gasteiger partial charge is 0.251 e. The van der Waals surface area contributed by atoms with Gasteiger partial charge in [-0.1, -0.05) is 19.4 Å². The Kier molecular flexibility index (Phi) is 4.56. The van der Waals surface area contributed by atoms with Crippen LogP contribution in [0.3, 0.4) is 0 Å². The first kappa shape index (κ1) is 14.3. The van der Waals surface area contributed by atoms with Crippen molar-refractivity contribution in [3.8, 4) is 5.69 Å². The van der Waals surface area contributed by atoms with E-state index in [-0.39, 0.29) is 11.9 Å². The molecule has 1 aromatic heterocycles. The van der Waals surface area contributed by atoms with Gasteiger partial charge in [0.25, 0.3) is 5.91 Å². The Labute approximate surface area is 119 Å². The molecule has 1 heterocycles. The van der Waals surface area contributed by atoms with Crippen LogP contribution in [0, 0.1) is 6.92 Å². The summed E-state index contributed by atoms with van der Waals surface area (Å²) in [6.07, 6.45) is 3.95. The fraction of sp³-hybridized carbons (Fsp3) is 0.375. The molecule has 0 spiro atoms. The van der Waals surface area contributed by atoms with E-state index < -0.39 is 0 Å². The molecule has 0 fully saturated rings. The average molecular weight is 271 g/mol. The normalized spacial score (nSPS) is 12.2. The summed E-state index contributed by atoms with van der Waals surface area (Å²) in [6, 6.07) is 9.65. The van der Waals surface area contributed by atoms with Crippen molar-refractivity contribution in [1.29, 1.82) is 0 Å². The van der Waals surface area contributed by atoms with Crippen LogP contribution in [0.1, 0.15) is 42.7 Å². The molecule has 0 aliphatic rings. The fourth-order valence-corrected chi connectivity index (χ4v) is 2.16. The number of hydrogen-bond acceptors (Lipinski definition) is 2. The number of carbonyl (C=O) groups excluding carboxylic acids is 1. The van der Waals surface area contributed by atoms with Crippen LogP contribution in [-0.4, -0.2) is 21.7 Å². The number of aromatic nitrogens is 2. The predicted molar refractivity (Wildman–Crippen MR) is 80.1 cm³/mol. The molecule has 1 N–H and O–H groups in total. The van der Waals surface area contributed by atoms with Crippen molar-refractivity contribution in [2.24, 2.45) is 0 Å². The first-order valence-corrected chi connectivity index (χ1v) is 7.03. The van der Waals surface area contributed by atoms with Crippen molar-refractivity contribution < 1.29 is 4.79 Å². The summed E-state index contributed by atoms with van der Waals surface area (Å²) in [5.41, 5.74) is 2.52. The molecule has 0 bridgehead atoms. The van der Waals surface area contributed by atoms with E-state index in [4.69, 9.17) is 0 Å². The molecule has 0 unspecified atom stereocenters. The summed E-state index contributed by atoms with van der Waals surface area (Å²) in [4.78, 5) is 12.2. The second kappa shape index (κ2) is 6.37. The van der Waals surface area contributed by atoms with Gasteiger partial charge in [0.2, 0.25) is 0 Å². The lowest BCUT2D eigenvalue weighted by Gasteiger charge is -2.13. The number of amides is 1. The molecular formula is C16H21N3O. The van der Waals surface area contributed by atoms with Crippen LogP contribution in [0.25, 0.3) is 5.69 Å². The number of aryl methyl sites for hydroxylation is 1. The molecule has 0 radical (unpaired) electrons. The summed E-state index contributed by atoms with van der Waals surface area (Å²) >= 11 is 0. The molecule has 1 atom stereocenters. The number of nitrogens with zero attached hydrogens (tertiary/aromatic N) is 2. The third-order valence-corrected chi connectivity index (χ3v) is 3.19. The first-order chi connectivity index (χ1) is 9.60. The Morgan fingerprint density at radius 2 is 2.20 bits per heavy atom. The molecule has 20 heavy (non-hydrogen) atoms. The van der Waals surface area contributed by atoms with E-state index in [1.54, 1.807) is 4.68 Å². The van der Waals surface area contributed by atoms with Crippen LogP contribution in [0.4, 0.5) is 0 Å². The monoisotopic (exact) mass is 271 g/mol. The quantitative estimate of drug-likeness (QED) is 0.908. The number of benzene rings is 1. The van der Waals surface area contributed by atoms with E-state index in [0.717, 1.165) is 24.2 Å². The molecule has 4 heteroatoms. The third kappa shape index (κ3) is 3.47. The van der Waals surface area contributed by atoms with Gasteiger partial charge in [-0.3, -0.25) is 4.79 Å². The largest absolute Gasteiger partial charge is 0.350 e. The molecule has 0 saturated carbocycles. The zero-order valence-corrected chi connectivity index (χ0v) is 12.3. The molecule has 2 aromatic rings. The van der Waals surface area contributed by atoms with E-state index >= 15 is 0 Å². The maximum atomic E-state index is 12.2. The average Bonchev–Trinajstić information content (AvgIpc) is 2.86. The highest BCUT2D eigenvalue weighted by atomic mass is 16.1. The third-order valence-electron chi connectivity index (χ3n) is 3.19. The van der Waals surface area contributed by atoms with Gasteiger partial charge in [0.1, 0.15) is 0 Å². The van der Waals surface area contributed by atoms with Crippen LogP contribution < -0.4 is 5.32 Å². The van der Waals surface area contributed by atoms with Crippen LogP contribution in [0.15, 0.2) is 36.5 Å². The Morgan fingerprint density at radius 3 is 2.85 bits per heavy atom. The Balaban J connectivity index is 2.15. The highest BCUT2D eigenvalue weighted by Crippen LogP contribution is 2.11. The van der Waals surface area contributed by atoms with E-state index in [0.29, 0.717) is 5.56 Å². The Morgan fingerprint density at radius 1 is 1.40 bits per heavy atom. The number of nitrogens with one attached hydrogen (secondary N) is 1. The summed E-state index contributed by atoms with van der Waals surface area (Å²) in [5, 5.41) is 7.37. The van der Waals surface area contributed by atoms with Gasteiger partial charge in [0.15, 0.2) is 0 Å². The SMILES string of the molecule is CCC[C@H](C)NC(=O)c1cccc(-n2ccc(C)n2)c1. The second-order valence-electron chi connectivity index (χ2n) is 5.12. The lowest BCUT2D eigenvalue weighted by molar-refractivity contribution is 0.0938. The summed E-state index contributed by atoms with van der Waals surface area (Å²) in [5.74, 6) is -0.0309. The Hall–Kier alpha value is -2.10. The van der Waals surface area contributed by atoms with Crippen molar-refractivity contribution in [2.45, 2.75) is 39.7 Å². The van der Waals surface area contributed by atoms with Gasteiger partial charge < -0.3 is 5.32 Å². The van der Waals surface area contributed by atoms with Crippen molar-refractivity contribution >= 4 is 5.91 Å². The van der Waals surface area contributed by atoms with Crippen LogP contribution in [0.2, 0.25) is 0 Å². The molecule has 4 nitrogen and oxygen atoms in total. The maximum Gasteiger partial charge on any atom is 0.251 e.